The Balaban J connectivity index is 1.92. The van der Waals surface area contributed by atoms with Crippen molar-refractivity contribution in [1.82, 2.24) is 0 Å². The van der Waals surface area contributed by atoms with Crippen LogP contribution < -0.4 is 0 Å². The highest BCUT2D eigenvalue weighted by molar-refractivity contribution is 9.09. The molecule has 5 heteroatoms. The first kappa shape index (κ1) is 18.8. The van der Waals surface area contributed by atoms with Gasteiger partial charge in [0.05, 0.1) is 0 Å². The van der Waals surface area contributed by atoms with Crippen LogP contribution in [0, 0.1) is 23.5 Å². The SMILES string of the molecule is CCCC1CCC(CCc2cc(F)c(C(F)(F)Br)c(F)c2)CC1. The van der Waals surface area contributed by atoms with Crippen molar-refractivity contribution in [3.8, 4) is 0 Å². The highest BCUT2D eigenvalue weighted by atomic mass is 79.9. The fourth-order valence-electron chi connectivity index (χ4n) is 3.63. The van der Waals surface area contributed by atoms with E-state index in [1.165, 1.54) is 25.7 Å². The first-order valence-electron chi connectivity index (χ1n) is 8.36. The summed E-state index contributed by atoms with van der Waals surface area (Å²) in [7, 11) is 0. The minimum atomic E-state index is -3.68. The average Bonchev–Trinajstić information content (AvgIpc) is 2.44. The third-order valence-corrected chi connectivity index (χ3v) is 5.29. The quantitative estimate of drug-likeness (QED) is 0.361. The second-order valence-corrected chi connectivity index (χ2v) is 7.64. The molecule has 1 saturated carbocycles. The van der Waals surface area contributed by atoms with Gasteiger partial charge in [0.2, 0.25) is 0 Å². The Morgan fingerprint density at radius 2 is 1.48 bits per heavy atom. The number of rotatable bonds is 6. The largest absolute Gasteiger partial charge is 0.332 e. The number of aryl methyl sites for hydroxylation is 1. The molecule has 0 nitrogen and oxygen atoms in total. The van der Waals surface area contributed by atoms with Gasteiger partial charge < -0.3 is 0 Å². The van der Waals surface area contributed by atoms with Crippen molar-refractivity contribution in [2.24, 2.45) is 11.8 Å². The molecule has 0 spiro atoms. The summed E-state index contributed by atoms with van der Waals surface area (Å²) in [4.78, 5) is -3.68. The van der Waals surface area contributed by atoms with E-state index in [2.05, 4.69) is 6.92 Å². The molecule has 0 heterocycles. The molecule has 2 rings (SSSR count). The Kier molecular flexibility index (Phi) is 6.52. The van der Waals surface area contributed by atoms with Crippen LogP contribution in [0.5, 0.6) is 0 Å². The molecule has 1 aromatic carbocycles. The highest BCUT2D eigenvalue weighted by Gasteiger charge is 2.34. The fraction of sp³-hybridized carbons (Fsp3) is 0.667. The molecule has 0 radical (unpaired) electrons. The van der Waals surface area contributed by atoms with Crippen molar-refractivity contribution < 1.29 is 17.6 Å². The second kappa shape index (κ2) is 8.00. The fourth-order valence-corrected chi connectivity index (χ4v) is 4.01. The van der Waals surface area contributed by atoms with E-state index in [1.807, 2.05) is 15.9 Å². The van der Waals surface area contributed by atoms with Gasteiger partial charge in [-0.25, -0.2) is 8.78 Å². The molecule has 1 fully saturated rings. The minimum Gasteiger partial charge on any atom is -0.206 e. The molecule has 1 aromatic rings. The third kappa shape index (κ3) is 5.20. The Morgan fingerprint density at radius 3 is 1.91 bits per heavy atom. The van der Waals surface area contributed by atoms with Crippen molar-refractivity contribution in [1.29, 1.82) is 0 Å². The number of halogens is 5. The Hall–Kier alpha value is -0.580. The second-order valence-electron chi connectivity index (χ2n) is 6.65. The van der Waals surface area contributed by atoms with Gasteiger partial charge in [0.15, 0.2) is 0 Å². The van der Waals surface area contributed by atoms with Crippen LogP contribution in [0.25, 0.3) is 0 Å². The molecule has 0 atom stereocenters. The van der Waals surface area contributed by atoms with Crippen LogP contribution in [0.2, 0.25) is 0 Å². The van der Waals surface area contributed by atoms with Crippen molar-refractivity contribution in [3.63, 3.8) is 0 Å². The smallest absolute Gasteiger partial charge is 0.206 e. The number of benzene rings is 1. The van der Waals surface area contributed by atoms with Gasteiger partial charge in [-0.15, -0.1) is 0 Å². The van der Waals surface area contributed by atoms with Gasteiger partial charge in [-0.1, -0.05) is 45.4 Å². The Bertz CT molecular complexity index is 493. The maximum absolute atomic E-state index is 13.8. The van der Waals surface area contributed by atoms with Gasteiger partial charge >= 0.3 is 4.83 Å². The molecule has 1 aliphatic rings. The van der Waals surface area contributed by atoms with E-state index >= 15 is 0 Å². The molecular weight excluding hydrogens is 372 g/mol. The van der Waals surface area contributed by atoms with Gasteiger partial charge in [-0.05, 0) is 58.3 Å². The number of hydrogen-bond acceptors (Lipinski definition) is 0. The molecule has 0 unspecified atom stereocenters. The van der Waals surface area contributed by atoms with Gasteiger partial charge in [0.1, 0.15) is 17.2 Å². The maximum Gasteiger partial charge on any atom is 0.332 e. The highest BCUT2D eigenvalue weighted by Crippen LogP contribution is 2.39. The Morgan fingerprint density at radius 1 is 1.00 bits per heavy atom. The predicted octanol–water partition coefficient (Wildman–Crippen LogP) is 6.95. The van der Waals surface area contributed by atoms with E-state index in [9.17, 15) is 17.6 Å². The number of hydrogen-bond donors (Lipinski definition) is 0. The number of alkyl halides is 3. The summed E-state index contributed by atoms with van der Waals surface area (Å²) in [5.41, 5.74) is -0.752. The molecule has 1 aliphatic carbocycles. The van der Waals surface area contributed by atoms with Crippen LogP contribution in [-0.4, -0.2) is 0 Å². The van der Waals surface area contributed by atoms with E-state index in [0.717, 1.165) is 37.3 Å². The van der Waals surface area contributed by atoms with E-state index < -0.39 is 22.0 Å². The molecule has 0 amide bonds. The predicted molar refractivity (Wildman–Crippen MR) is 87.9 cm³/mol. The molecular formula is C18H23BrF4. The summed E-state index contributed by atoms with van der Waals surface area (Å²) < 4.78 is 53.8. The van der Waals surface area contributed by atoms with Gasteiger partial charge in [-0.3, -0.25) is 0 Å². The van der Waals surface area contributed by atoms with Crippen molar-refractivity contribution >= 4 is 15.9 Å². The lowest BCUT2D eigenvalue weighted by Gasteiger charge is -2.28. The van der Waals surface area contributed by atoms with Crippen LogP contribution in [0.3, 0.4) is 0 Å². The standard InChI is InChI=1S/C18H23BrF4/c1-2-3-12-4-6-13(7-5-12)8-9-14-10-15(20)17(16(21)11-14)18(19,22)23/h10-13H,2-9H2,1H3. The Labute approximate surface area is 143 Å². The lowest BCUT2D eigenvalue weighted by molar-refractivity contribution is 0.105. The summed E-state index contributed by atoms with van der Waals surface area (Å²) in [6.45, 7) is 2.20. The lowest BCUT2D eigenvalue weighted by atomic mass is 9.78. The van der Waals surface area contributed by atoms with Crippen LogP contribution >= 0.6 is 15.9 Å². The first-order chi connectivity index (χ1) is 10.8. The molecule has 0 bridgehead atoms. The zero-order valence-corrected chi connectivity index (χ0v) is 14.9. The van der Waals surface area contributed by atoms with Crippen LogP contribution in [0.4, 0.5) is 17.6 Å². The maximum atomic E-state index is 13.8. The minimum absolute atomic E-state index is 0.455. The summed E-state index contributed by atoms with van der Waals surface area (Å²) >= 11 is 2.02. The molecule has 0 N–H and O–H groups in total. The van der Waals surface area contributed by atoms with E-state index in [4.69, 9.17) is 0 Å². The van der Waals surface area contributed by atoms with E-state index in [0.29, 0.717) is 17.9 Å². The third-order valence-electron chi connectivity index (χ3n) is 4.89. The normalized spacial score (nSPS) is 22.3. The van der Waals surface area contributed by atoms with Crippen molar-refractivity contribution in [3.05, 3.63) is 34.9 Å². The topological polar surface area (TPSA) is 0 Å². The zero-order chi connectivity index (χ0) is 17.0. The summed E-state index contributed by atoms with van der Waals surface area (Å²) in [5.74, 6) is -0.972. The van der Waals surface area contributed by atoms with Crippen molar-refractivity contribution in [2.75, 3.05) is 0 Å². The summed E-state index contributed by atoms with van der Waals surface area (Å²) in [6, 6.07) is 2.08. The van der Waals surface area contributed by atoms with Gasteiger partial charge in [0.25, 0.3) is 0 Å². The van der Waals surface area contributed by atoms with E-state index in [1.54, 1.807) is 0 Å². The first-order valence-corrected chi connectivity index (χ1v) is 9.15. The monoisotopic (exact) mass is 394 g/mol. The molecule has 0 aromatic heterocycles. The van der Waals surface area contributed by atoms with Gasteiger partial charge in [0, 0.05) is 0 Å². The summed E-state index contributed by atoms with van der Waals surface area (Å²) in [6.07, 6.45) is 8.68. The van der Waals surface area contributed by atoms with Crippen molar-refractivity contribution in [2.45, 2.75) is 63.1 Å². The molecule has 0 saturated heterocycles. The molecule has 23 heavy (non-hydrogen) atoms. The lowest BCUT2D eigenvalue weighted by Crippen LogP contribution is -2.15. The zero-order valence-electron chi connectivity index (χ0n) is 13.4. The van der Waals surface area contributed by atoms with Crippen LogP contribution in [0.1, 0.15) is 63.0 Å². The van der Waals surface area contributed by atoms with Crippen LogP contribution in [0.15, 0.2) is 12.1 Å². The molecule has 0 aliphatic heterocycles. The molecule has 130 valence electrons. The van der Waals surface area contributed by atoms with E-state index in [-0.39, 0.29) is 0 Å². The average molecular weight is 395 g/mol. The van der Waals surface area contributed by atoms with Crippen LogP contribution in [-0.2, 0) is 11.3 Å². The van der Waals surface area contributed by atoms with Gasteiger partial charge in [-0.2, -0.15) is 8.78 Å². The summed E-state index contributed by atoms with van der Waals surface area (Å²) in [5, 5.41) is 0.